The highest BCUT2D eigenvalue weighted by Gasteiger charge is 2.44. The first kappa shape index (κ1) is 14.8. The van der Waals surface area contributed by atoms with Crippen molar-refractivity contribution in [2.75, 3.05) is 19.3 Å². The van der Waals surface area contributed by atoms with Crippen LogP contribution in [0.15, 0.2) is 0 Å². The van der Waals surface area contributed by atoms with E-state index in [0.29, 0.717) is 12.1 Å². The molecule has 3 fully saturated rings. The molecule has 3 atom stereocenters. The number of hydrogen-bond donors (Lipinski definition) is 1. The van der Waals surface area contributed by atoms with Crippen LogP contribution in [0.1, 0.15) is 51.4 Å². The van der Waals surface area contributed by atoms with Gasteiger partial charge in [0.15, 0.2) is 9.84 Å². The van der Waals surface area contributed by atoms with E-state index in [1.807, 2.05) is 0 Å². The summed E-state index contributed by atoms with van der Waals surface area (Å²) in [5.41, 5.74) is 0. The molecular weight excluding hydrogens is 272 g/mol. The Morgan fingerprint density at radius 3 is 2.45 bits per heavy atom. The van der Waals surface area contributed by atoms with Crippen molar-refractivity contribution in [3.63, 3.8) is 0 Å². The first-order valence-electron chi connectivity index (χ1n) is 8.23. The number of hydrogen-bond acceptors (Lipinski definition) is 4. The molecule has 0 aromatic heterocycles. The predicted octanol–water partition coefficient (Wildman–Crippen LogP) is 1.56. The van der Waals surface area contributed by atoms with Crippen LogP contribution in [0.5, 0.6) is 0 Å². The average Bonchev–Trinajstić information content (AvgIpc) is 3.12. The number of nitrogens with zero attached hydrogens (tertiary/aromatic N) is 1. The highest BCUT2D eigenvalue weighted by molar-refractivity contribution is 7.91. The third kappa shape index (κ3) is 3.37. The molecule has 1 heterocycles. The van der Waals surface area contributed by atoms with Gasteiger partial charge in [-0.25, -0.2) is 8.42 Å². The molecular formula is C15H28N2O2S. The first-order chi connectivity index (χ1) is 9.55. The Bertz CT molecular complexity index is 427. The summed E-state index contributed by atoms with van der Waals surface area (Å²) in [5, 5.41) is 3.50. The molecule has 0 aromatic carbocycles. The Labute approximate surface area is 123 Å². The highest BCUT2D eigenvalue weighted by Crippen LogP contribution is 2.37. The van der Waals surface area contributed by atoms with Crippen LogP contribution in [0.2, 0.25) is 0 Å². The maximum absolute atomic E-state index is 12.0. The van der Waals surface area contributed by atoms with Gasteiger partial charge in [0.05, 0.1) is 5.25 Å². The number of piperidine rings is 1. The molecule has 0 amide bonds. The van der Waals surface area contributed by atoms with Crippen molar-refractivity contribution < 1.29 is 8.42 Å². The molecule has 4 nitrogen and oxygen atoms in total. The summed E-state index contributed by atoms with van der Waals surface area (Å²) >= 11 is 0. The lowest BCUT2D eigenvalue weighted by Gasteiger charge is -2.36. The van der Waals surface area contributed by atoms with Gasteiger partial charge in [0.1, 0.15) is 0 Å². The zero-order valence-electron chi connectivity index (χ0n) is 12.6. The van der Waals surface area contributed by atoms with Crippen LogP contribution in [0.25, 0.3) is 0 Å². The van der Waals surface area contributed by atoms with E-state index in [-0.39, 0.29) is 11.3 Å². The second-order valence-corrected chi connectivity index (χ2v) is 9.21. The molecule has 3 aliphatic rings. The Hall–Kier alpha value is -0.130. The molecule has 116 valence electrons. The van der Waals surface area contributed by atoms with Gasteiger partial charge in [-0.15, -0.1) is 0 Å². The average molecular weight is 300 g/mol. The monoisotopic (exact) mass is 300 g/mol. The SMILES string of the molecule is CS(=O)(=O)C1CCCC1N(CC1CCCCN1)C1CC1. The van der Waals surface area contributed by atoms with Gasteiger partial charge in [0.2, 0.25) is 0 Å². The number of sulfone groups is 1. The minimum absolute atomic E-state index is 0.119. The summed E-state index contributed by atoms with van der Waals surface area (Å²) in [4.78, 5) is 2.56. The zero-order valence-corrected chi connectivity index (χ0v) is 13.4. The van der Waals surface area contributed by atoms with Crippen molar-refractivity contribution in [1.29, 1.82) is 0 Å². The summed E-state index contributed by atoms with van der Waals surface area (Å²) in [5.74, 6) is 0. The van der Waals surface area contributed by atoms with Gasteiger partial charge in [-0.3, -0.25) is 4.90 Å². The van der Waals surface area contributed by atoms with Crippen molar-refractivity contribution in [2.24, 2.45) is 0 Å². The quantitative estimate of drug-likeness (QED) is 0.837. The molecule has 0 spiro atoms. The second-order valence-electron chi connectivity index (χ2n) is 6.94. The van der Waals surface area contributed by atoms with Gasteiger partial charge in [0, 0.05) is 30.9 Å². The summed E-state index contributed by atoms with van der Waals surface area (Å²) in [6.07, 6.45) is 10.8. The minimum Gasteiger partial charge on any atom is -0.313 e. The largest absolute Gasteiger partial charge is 0.313 e. The van der Waals surface area contributed by atoms with E-state index < -0.39 is 9.84 Å². The van der Waals surface area contributed by atoms with Crippen molar-refractivity contribution in [2.45, 2.75) is 74.7 Å². The van der Waals surface area contributed by atoms with Gasteiger partial charge in [-0.2, -0.15) is 0 Å². The summed E-state index contributed by atoms with van der Waals surface area (Å²) in [6, 6.07) is 1.51. The lowest BCUT2D eigenvalue weighted by atomic mass is 10.0. The molecule has 1 aliphatic heterocycles. The van der Waals surface area contributed by atoms with E-state index in [2.05, 4.69) is 10.2 Å². The number of nitrogens with one attached hydrogen (secondary N) is 1. The molecule has 3 unspecified atom stereocenters. The third-order valence-electron chi connectivity index (χ3n) is 5.25. The van der Waals surface area contributed by atoms with Crippen LogP contribution in [0, 0.1) is 0 Å². The molecule has 20 heavy (non-hydrogen) atoms. The van der Waals surface area contributed by atoms with E-state index in [1.165, 1.54) is 38.4 Å². The molecule has 3 rings (SSSR count). The Morgan fingerprint density at radius 1 is 1.05 bits per heavy atom. The molecule has 5 heteroatoms. The van der Waals surface area contributed by atoms with Crippen LogP contribution in [-0.4, -0.2) is 56.0 Å². The van der Waals surface area contributed by atoms with Gasteiger partial charge in [-0.1, -0.05) is 12.8 Å². The predicted molar refractivity (Wildman–Crippen MR) is 81.6 cm³/mol. The highest BCUT2D eigenvalue weighted by atomic mass is 32.2. The maximum Gasteiger partial charge on any atom is 0.151 e. The fourth-order valence-corrected chi connectivity index (χ4v) is 5.54. The van der Waals surface area contributed by atoms with E-state index in [4.69, 9.17) is 0 Å². The normalized spacial score (nSPS) is 35.6. The molecule has 1 N–H and O–H groups in total. The summed E-state index contributed by atoms with van der Waals surface area (Å²) in [7, 11) is -2.91. The molecule has 0 bridgehead atoms. The lowest BCUT2D eigenvalue weighted by molar-refractivity contribution is 0.159. The van der Waals surface area contributed by atoms with Gasteiger partial charge < -0.3 is 5.32 Å². The summed E-state index contributed by atoms with van der Waals surface area (Å²) in [6.45, 7) is 2.19. The van der Waals surface area contributed by atoms with Crippen LogP contribution < -0.4 is 5.32 Å². The Kier molecular flexibility index (Phi) is 4.39. The number of rotatable bonds is 5. The van der Waals surface area contributed by atoms with E-state index in [9.17, 15) is 8.42 Å². The van der Waals surface area contributed by atoms with Gasteiger partial charge >= 0.3 is 0 Å². The van der Waals surface area contributed by atoms with Crippen molar-refractivity contribution in [3.8, 4) is 0 Å². The smallest absolute Gasteiger partial charge is 0.151 e. The van der Waals surface area contributed by atoms with Crippen LogP contribution >= 0.6 is 0 Å². The maximum atomic E-state index is 12.0. The van der Waals surface area contributed by atoms with E-state index >= 15 is 0 Å². The molecule has 0 aromatic rings. The molecule has 2 saturated carbocycles. The lowest BCUT2D eigenvalue weighted by Crippen LogP contribution is -2.51. The van der Waals surface area contributed by atoms with E-state index in [0.717, 1.165) is 32.4 Å². The topological polar surface area (TPSA) is 49.4 Å². The minimum atomic E-state index is -2.91. The second kappa shape index (κ2) is 5.93. The molecule has 1 saturated heterocycles. The van der Waals surface area contributed by atoms with E-state index in [1.54, 1.807) is 0 Å². The Balaban J connectivity index is 1.69. The van der Waals surface area contributed by atoms with Crippen LogP contribution in [0.3, 0.4) is 0 Å². The van der Waals surface area contributed by atoms with Crippen LogP contribution in [0.4, 0.5) is 0 Å². The summed E-state index contributed by atoms with van der Waals surface area (Å²) < 4.78 is 24.1. The molecule has 2 aliphatic carbocycles. The molecule has 0 radical (unpaired) electrons. The van der Waals surface area contributed by atoms with Crippen molar-refractivity contribution >= 4 is 9.84 Å². The van der Waals surface area contributed by atoms with Crippen molar-refractivity contribution in [1.82, 2.24) is 10.2 Å². The van der Waals surface area contributed by atoms with Gasteiger partial charge in [-0.05, 0) is 45.1 Å². The fourth-order valence-electron chi connectivity index (χ4n) is 4.08. The standard InChI is InChI=1S/C15H28N2O2S/c1-20(18,19)15-7-4-6-14(15)17(13-8-9-13)11-12-5-2-3-10-16-12/h12-16H,2-11H2,1H3. The van der Waals surface area contributed by atoms with Crippen LogP contribution in [-0.2, 0) is 9.84 Å². The first-order valence-corrected chi connectivity index (χ1v) is 10.2. The zero-order chi connectivity index (χ0) is 14.2. The third-order valence-corrected chi connectivity index (χ3v) is 6.90. The van der Waals surface area contributed by atoms with Crippen molar-refractivity contribution in [3.05, 3.63) is 0 Å². The van der Waals surface area contributed by atoms with Gasteiger partial charge in [0.25, 0.3) is 0 Å². The Morgan fingerprint density at radius 2 is 1.85 bits per heavy atom. The fraction of sp³-hybridized carbons (Fsp3) is 1.00.